The highest BCUT2D eigenvalue weighted by molar-refractivity contribution is 5.66. The third-order valence-electron chi connectivity index (χ3n) is 5.13. The lowest BCUT2D eigenvalue weighted by atomic mass is 9.76. The molecule has 0 radical (unpaired) electrons. The molecule has 1 N–H and O–H groups in total. The molecular weight excluding hydrogens is 343 g/mol. The van der Waals surface area contributed by atoms with E-state index in [1.54, 1.807) is 6.07 Å². The van der Waals surface area contributed by atoms with E-state index in [4.69, 9.17) is 9.68 Å². The number of furan rings is 1. The molecule has 0 spiro atoms. The van der Waals surface area contributed by atoms with Gasteiger partial charge in [-0.2, -0.15) is 5.26 Å². The van der Waals surface area contributed by atoms with Crippen molar-refractivity contribution in [2.75, 3.05) is 13.1 Å². The number of hydrogen-bond acceptors (Lipinski definition) is 4. The number of aromatic hydroxyl groups is 1. The summed E-state index contributed by atoms with van der Waals surface area (Å²) in [5.74, 6) is 1.59. The van der Waals surface area contributed by atoms with Crippen LogP contribution in [0.2, 0.25) is 0 Å². The molecule has 2 heterocycles. The van der Waals surface area contributed by atoms with Gasteiger partial charge in [0.25, 0.3) is 0 Å². The van der Waals surface area contributed by atoms with Crippen LogP contribution in [-0.2, 0) is 6.54 Å². The van der Waals surface area contributed by atoms with Gasteiger partial charge in [-0.1, -0.05) is 26.8 Å². The second-order valence-electron chi connectivity index (χ2n) is 7.20. The minimum atomic E-state index is -1.01. The number of halogens is 1. The SMILES string of the molecule is CC.Cc1ccc(-c2ccc(CN3CCC(C)(CC#N)C(F)C3)cc2O)o1. The monoisotopic (exact) mass is 372 g/mol. The molecule has 1 saturated heterocycles. The largest absolute Gasteiger partial charge is 0.507 e. The molecule has 0 amide bonds. The summed E-state index contributed by atoms with van der Waals surface area (Å²) in [6, 6.07) is 11.3. The Kier molecular flexibility index (Phi) is 7.04. The van der Waals surface area contributed by atoms with Gasteiger partial charge in [0.1, 0.15) is 23.4 Å². The zero-order valence-corrected chi connectivity index (χ0v) is 16.6. The molecule has 4 nitrogen and oxygen atoms in total. The Morgan fingerprint density at radius 3 is 2.63 bits per heavy atom. The number of benzene rings is 1. The van der Waals surface area contributed by atoms with Crippen molar-refractivity contribution in [3.63, 3.8) is 0 Å². The van der Waals surface area contributed by atoms with Crippen LogP contribution in [0.3, 0.4) is 0 Å². The predicted octanol–water partition coefficient (Wildman–Crippen LogP) is 5.45. The Hall–Kier alpha value is -2.32. The molecule has 1 aromatic heterocycles. The quantitative estimate of drug-likeness (QED) is 0.775. The van der Waals surface area contributed by atoms with E-state index in [0.717, 1.165) is 17.9 Å². The van der Waals surface area contributed by atoms with E-state index < -0.39 is 11.6 Å². The summed E-state index contributed by atoms with van der Waals surface area (Å²) in [5, 5.41) is 19.2. The maximum Gasteiger partial charge on any atom is 0.137 e. The molecule has 2 atom stereocenters. The lowest BCUT2D eigenvalue weighted by Crippen LogP contribution is -2.47. The van der Waals surface area contributed by atoms with Crippen LogP contribution in [0.1, 0.15) is 44.9 Å². The highest BCUT2D eigenvalue weighted by atomic mass is 19.1. The minimum absolute atomic E-state index is 0.162. The number of hydrogen-bond donors (Lipinski definition) is 1. The molecule has 0 bridgehead atoms. The van der Waals surface area contributed by atoms with Crippen LogP contribution in [0.5, 0.6) is 5.75 Å². The predicted molar refractivity (Wildman–Crippen MR) is 105 cm³/mol. The van der Waals surface area contributed by atoms with Crippen molar-refractivity contribution in [3.8, 4) is 23.1 Å². The first-order valence-corrected chi connectivity index (χ1v) is 9.53. The summed E-state index contributed by atoms with van der Waals surface area (Å²) in [6.07, 6.45) is -0.0998. The molecular formula is C22H29FN2O2. The van der Waals surface area contributed by atoms with Crippen LogP contribution in [0.25, 0.3) is 11.3 Å². The van der Waals surface area contributed by atoms with E-state index in [9.17, 15) is 9.50 Å². The molecule has 1 fully saturated rings. The lowest BCUT2D eigenvalue weighted by molar-refractivity contribution is 0.0186. The molecule has 27 heavy (non-hydrogen) atoms. The normalized spacial score (nSPS) is 22.6. The maximum atomic E-state index is 14.5. The number of aryl methyl sites for hydroxylation is 1. The summed E-state index contributed by atoms with van der Waals surface area (Å²) < 4.78 is 20.0. The average Bonchev–Trinajstić information content (AvgIpc) is 3.07. The summed E-state index contributed by atoms with van der Waals surface area (Å²) in [7, 11) is 0. The number of phenols is 1. The zero-order chi connectivity index (χ0) is 20.0. The molecule has 2 unspecified atom stereocenters. The Morgan fingerprint density at radius 1 is 1.33 bits per heavy atom. The van der Waals surface area contributed by atoms with Gasteiger partial charge >= 0.3 is 0 Å². The summed E-state index contributed by atoms with van der Waals surface area (Å²) in [5.41, 5.74) is 1.04. The van der Waals surface area contributed by atoms with E-state index in [0.29, 0.717) is 30.8 Å². The van der Waals surface area contributed by atoms with Crippen LogP contribution >= 0.6 is 0 Å². The van der Waals surface area contributed by atoms with Gasteiger partial charge in [0.2, 0.25) is 0 Å². The van der Waals surface area contributed by atoms with Crippen LogP contribution in [-0.4, -0.2) is 29.3 Å². The van der Waals surface area contributed by atoms with Gasteiger partial charge in [0, 0.05) is 24.9 Å². The second kappa shape index (κ2) is 9.05. The Bertz CT molecular complexity index is 796. The fourth-order valence-electron chi connectivity index (χ4n) is 3.35. The van der Waals surface area contributed by atoms with E-state index in [1.165, 1.54) is 0 Å². The summed E-state index contributed by atoms with van der Waals surface area (Å²) in [4.78, 5) is 2.04. The van der Waals surface area contributed by atoms with Gasteiger partial charge < -0.3 is 9.52 Å². The van der Waals surface area contributed by atoms with Gasteiger partial charge in [-0.15, -0.1) is 0 Å². The number of alkyl halides is 1. The number of nitrogens with zero attached hydrogens (tertiary/aromatic N) is 2. The molecule has 2 aromatic rings. The number of likely N-dealkylation sites (tertiary alicyclic amines) is 1. The standard InChI is InChI=1S/C20H23FN2O2.C2H6/c1-14-3-6-18(25-14)16-5-4-15(11-17(16)24)12-23-10-8-20(2,7-9-22)19(21)13-23;1-2/h3-6,11,19,24H,7-8,10,12-13H2,1-2H3;1-2H3. The van der Waals surface area contributed by atoms with Crippen molar-refractivity contribution < 1.29 is 13.9 Å². The minimum Gasteiger partial charge on any atom is -0.507 e. The lowest BCUT2D eigenvalue weighted by Gasteiger charge is -2.41. The molecule has 1 aromatic carbocycles. The Labute approximate surface area is 161 Å². The van der Waals surface area contributed by atoms with Crippen molar-refractivity contribution in [2.45, 2.75) is 53.3 Å². The van der Waals surface area contributed by atoms with E-state index in [1.807, 2.05) is 56.9 Å². The van der Waals surface area contributed by atoms with Gasteiger partial charge in [-0.3, -0.25) is 4.90 Å². The number of phenolic OH excluding ortho intramolecular Hbond substituents is 1. The van der Waals surface area contributed by atoms with E-state index in [2.05, 4.69) is 6.07 Å². The van der Waals surface area contributed by atoms with E-state index in [-0.39, 0.29) is 12.2 Å². The first kappa shape index (κ1) is 21.0. The molecule has 1 aliphatic heterocycles. The molecule has 5 heteroatoms. The second-order valence-corrected chi connectivity index (χ2v) is 7.20. The number of rotatable bonds is 4. The van der Waals surface area contributed by atoms with Gasteiger partial charge in [-0.25, -0.2) is 4.39 Å². The van der Waals surface area contributed by atoms with Crippen LogP contribution in [0, 0.1) is 23.7 Å². The Morgan fingerprint density at radius 2 is 2.07 bits per heavy atom. The van der Waals surface area contributed by atoms with Gasteiger partial charge in [0.05, 0.1) is 11.6 Å². The molecule has 0 saturated carbocycles. The maximum absolute atomic E-state index is 14.5. The van der Waals surface area contributed by atoms with Crippen LogP contribution in [0.15, 0.2) is 34.7 Å². The third-order valence-corrected chi connectivity index (χ3v) is 5.13. The number of piperidine rings is 1. The molecule has 146 valence electrons. The van der Waals surface area contributed by atoms with Crippen molar-refractivity contribution >= 4 is 0 Å². The molecule has 0 aliphatic carbocycles. The Balaban J connectivity index is 0.00000126. The fraction of sp³-hybridized carbons (Fsp3) is 0.500. The zero-order valence-electron chi connectivity index (χ0n) is 16.6. The van der Waals surface area contributed by atoms with E-state index >= 15 is 0 Å². The first-order valence-electron chi connectivity index (χ1n) is 9.53. The van der Waals surface area contributed by atoms with Gasteiger partial charge in [0.15, 0.2) is 0 Å². The van der Waals surface area contributed by atoms with Crippen molar-refractivity contribution in [1.29, 1.82) is 5.26 Å². The molecule has 1 aliphatic rings. The van der Waals surface area contributed by atoms with Crippen LogP contribution in [0.4, 0.5) is 4.39 Å². The van der Waals surface area contributed by atoms with Gasteiger partial charge in [-0.05, 0) is 49.7 Å². The van der Waals surface area contributed by atoms with Crippen molar-refractivity contribution in [3.05, 3.63) is 41.7 Å². The first-order chi connectivity index (χ1) is 12.9. The summed E-state index contributed by atoms with van der Waals surface area (Å²) >= 11 is 0. The third kappa shape index (κ3) is 4.90. The van der Waals surface area contributed by atoms with Crippen LogP contribution < -0.4 is 0 Å². The highest BCUT2D eigenvalue weighted by Crippen LogP contribution is 2.37. The summed E-state index contributed by atoms with van der Waals surface area (Å²) in [6.45, 7) is 9.35. The topological polar surface area (TPSA) is 60.4 Å². The smallest absolute Gasteiger partial charge is 0.137 e. The molecule has 3 rings (SSSR count). The fourth-order valence-corrected chi connectivity index (χ4v) is 3.35. The highest BCUT2D eigenvalue weighted by Gasteiger charge is 2.39. The number of nitriles is 1. The van der Waals surface area contributed by atoms with Crippen molar-refractivity contribution in [2.24, 2.45) is 5.41 Å². The van der Waals surface area contributed by atoms with Crippen molar-refractivity contribution in [1.82, 2.24) is 4.90 Å². The average molecular weight is 372 g/mol.